The molecule has 0 radical (unpaired) electrons. The topological polar surface area (TPSA) is 60.8 Å². The molecule has 0 spiro atoms. The second-order valence-electron chi connectivity index (χ2n) is 5.09. The van der Waals surface area contributed by atoms with Crippen LogP contribution in [0.4, 0.5) is 0 Å². The molecular weight excluding hydrogens is 290 g/mol. The Bertz CT molecular complexity index is 715. The molecule has 108 valence electrons. The van der Waals surface area contributed by atoms with E-state index in [1.165, 1.54) is 12.1 Å². The summed E-state index contributed by atoms with van der Waals surface area (Å²) in [6, 6.07) is 9.68. The fourth-order valence-electron chi connectivity index (χ4n) is 2.57. The SMILES string of the molecule is O=C(c1ccc(Cl)cc1O)N1CCc2ccc(O)cc2C1. The predicted molar refractivity (Wildman–Crippen MR) is 79.7 cm³/mol. The van der Waals surface area contributed by atoms with Crippen molar-refractivity contribution < 1.29 is 15.0 Å². The third-order valence-corrected chi connectivity index (χ3v) is 3.91. The number of carbonyl (C=O) groups excluding carboxylic acids is 1. The molecule has 1 aliphatic heterocycles. The number of aromatic hydroxyl groups is 2. The number of amides is 1. The number of phenols is 2. The van der Waals surface area contributed by atoms with Crippen LogP contribution in [0.3, 0.4) is 0 Å². The van der Waals surface area contributed by atoms with Crippen molar-refractivity contribution in [1.29, 1.82) is 0 Å². The van der Waals surface area contributed by atoms with Crippen LogP contribution in [0.25, 0.3) is 0 Å². The van der Waals surface area contributed by atoms with Gasteiger partial charge in [-0.15, -0.1) is 0 Å². The van der Waals surface area contributed by atoms with Crippen molar-refractivity contribution in [3.63, 3.8) is 0 Å². The lowest BCUT2D eigenvalue weighted by Gasteiger charge is -2.29. The average molecular weight is 304 g/mol. The van der Waals surface area contributed by atoms with Crippen LogP contribution in [0.5, 0.6) is 11.5 Å². The first-order valence-electron chi connectivity index (χ1n) is 6.63. The maximum absolute atomic E-state index is 12.5. The Balaban J connectivity index is 1.87. The molecule has 2 aromatic carbocycles. The van der Waals surface area contributed by atoms with Crippen LogP contribution in [0.15, 0.2) is 36.4 Å². The van der Waals surface area contributed by atoms with Gasteiger partial charge in [-0.25, -0.2) is 0 Å². The normalized spacial score (nSPS) is 13.9. The molecule has 0 bridgehead atoms. The van der Waals surface area contributed by atoms with Crippen LogP contribution in [-0.2, 0) is 13.0 Å². The molecule has 1 amide bonds. The zero-order chi connectivity index (χ0) is 15.0. The number of hydrogen-bond acceptors (Lipinski definition) is 3. The van der Waals surface area contributed by atoms with E-state index < -0.39 is 0 Å². The molecule has 0 aromatic heterocycles. The molecule has 3 rings (SSSR count). The standard InChI is InChI=1S/C16H14ClNO3/c17-12-2-4-14(15(20)8-12)16(21)18-6-5-10-1-3-13(19)7-11(10)9-18/h1-4,7-8,19-20H,5-6,9H2. The van der Waals surface area contributed by atoms with Crippen molar-refractivity contribution >= 4 is 17.5 Å². The largest absolute Gasteiger partial charge is 0.508 e. The van der Waals surface area contributed by atoms with Crippen molar-refractivity contribution in [2.24, 2.45) is 0 Å². The summed E-state index contributed by atoms with van der Waals surface area (Å²) < 4.78 is 0. The lowest BCUT2D eigenvalue weighted by molar-refractivity contribution is 0.0731. The summed E-state index contributed by atoms with van der Waals surface area (Å²) in [6.07, 6.45) is 0.732. The third kappa shape index (κ3) is 2.67. The van der Waals surface area contributed by atoms with Gasteiger partial charge in [0.25, 0.3) is 5.91 Å². The van der Waals surface area contributed by atoms with Crippen LogP contribution in [0.1, 0.15) is 21.5 Å². The van der Waals surface area contributed by atoms with Crippen LogP contribution in [0, 0.1) is 0 Å². The quantitative estimate of drug-likeness (QED) is 0.851. The van der Waals surface area contributed by atoms with Crippen molar-refractivity contribution in [3.8, 4) is 11.5 Å². The molecule has 0 unspecified atom stereocenters. The van der Waals surface area contributed by atoms with Gasteiger partial charge in [0, 0.05) is 18.1 Å². The molecule has 0 saturated heterocycles. The summed E-state index contributed by atoms with van der Waals surface area (Å²) in [5.74, 6) is -0.162. The molecule has 2 aromatic rings. The van der Waals surface area contributed by atoms with Gasteiger partial charge in [-0.2, -0.15) is 0 Å². The summed E-state index contributed by atoms with van der Waals surface area (Å²) in [6.45, 7) is 1.00. The maximum atomic E-state index is 12.5. The Morgan fingerprint density at radius 2 is 1.90 bits per heavy atom. The Hall–Kier alpha value is -2.20. The fraction of sp³-hybridized carbons (Fsp3) is 0.188. The molecule has 0 aliphatic carbocycles. The average Bonchev–Trinajstić information content (AvgIpc) is 2.46. The van der Waals surface area contributed by atoms with Crippen LogP contribution >= 0.6 is 11.6 Å². The van der Waals surface area contributed by atoms with Gasteiger partial charge < -0.3 is 15.1 Å². The number of benzene rings is 2. The summed E-state index contributed by atoms with van der Waals surface area (Å²) >= 11 is 5.78. The highest BCUT2D eigenvalue weighted by Gasteiger charge is 2.23. The molecule has 0 atom stereocenters. The van der Waals surface area contributed by atoms with E-state index in [9.17, 15) is 15.0 Å². The predicted octanol–water partition coefficient (Wildman–Crippen LogP) is 2.95. The van der Waals surface area contributed by atoms with E-state index in [-0.39, 0.29) is 23.0 Å². The van der Waals surface area contributed by atoms with Gasteiger partial charge in [0.1, 0.15) is 11.5 Å². The van der Waals surface area contributed by atoms with Gasteiger partial charge in [0.15, 0.2) is 0 Å². The third-order valence-electron chi connectivity index (χ3n) is 3.68. The summed E-state index contributed by atoms with van der Waals surface area (Å²) in [5.41, 5.74) is 2.31. The number of halogens is 1. The molecule has 0 fully saturated rings. The second-order valence-corrected chi connectivity index (χ2v) is 5.53. The van der Waals surface area contributed by atoms with Gasteiger partial charge in [0.05, 0.1) is 5.56 Å². The van der Waals surface area contributed by atoms with Crippen LogP contribution in [0.2, 0.25) is 5.02 Å². The van der Waals surface area contributed by atoms with E-state index in [1.807, 2.05) is 6.07 Å². The first-order chi connectivity index (χ1) is 10.0. The number of rotatable bonds is 1. The van der Waals surface area contributed by atoms with Crippen molar-refractivity contribution in [2.75, 3.05) is 6.54 Å². The lowest BCUT2D eigenvalue weighted by atomic mass is 9.98. The van der Waals surface area contributed by atoms with Crippen LogP contribution in [-0.4, -0.2) is 27.6 Å². The maximum Gasteiger partial charge on any atom is 0.257 e. The first-order valence-corrected chi connectivity index (χ1v) is 7.01. The van der Waals surface area contributed by atoms with Crippen molar-refractivity contribution in [3.05, 3.63) is 58.1 Å². The van der Waals surface area contributed by atoms with Gasteiger partial charge in [0.2, 0.25) is 0 Å². The van der Waals surface area contributed by atoms with E-state index in [1.54, 1.807) is 23.1 Å². The monoisotopic (exact) mass is 303 g/mol. The molecule has 5 heteroatoms. The Morgan fingerprint density at radius 3 is 2.67 bits per heavy atom. The van der Waals surface area contributed by atoms with E-state index in [4.69, 9.17) is 11.6 Å². The minimum Gasteiger partial charge on any atom is -0.508 e. The van der Waals surface area contributed by atoms with Gasteiger partial charge >= 0.3 is 0 Å². The molecule has 4 nitrogen and oxygen atoms in total. The highest BCUT2D eigenvalue weighted by molar-refractivity contribution is 6.30. The zero-order valence-corrected chi connectivity index (χ0v) is 12.0. The summed E-state index contributed by atoms with van der Waals surface area (Å²) in [5, 5.41) is 19.8. The highest BCUT2D eigenvalue weighted by atomic mass is 35.5. The summed E-state index contributed by atoms with van der Waals surface area (Å²) in [4.78, 5) is 14.1. The van der Waals surface area contributed by atoms with Gasteiger partial charge in [-0.1, -0.05) is 17.7 Å². The molecule has 2 N–H and O–H groups in total. The number of fused-ring (bicyclic) bond motifs is 1. The summed E-state index contributed by atoms with van der Waals surface area (Å²) in [7, 11) is 0. The second kappa shape index (κ2) is 5.30. The van der Waals surface area contributed by atoms with E-state index in [0.29, 0.717) is 18.1 Å². The lowest BCUT2D eigenvalue weighted by Crippen LogP contribution is -2.35. The number of phenolic OH excluding ortho intramolecular Hbond substituents is 2. The minimum atomic E-state index is -0.238. The fourth-order valence-corrected chi connectivity index (χ4v) is 2.74. The molecular formula is C16H14ClNO3. The van der Waals surface area contributed by atoms with Gasteiger partial charge in [-0.05, 0) is 47.9 Å². The number of nitrogens with zero attached hydrogens (tertiary/aromatic N) is 1. The first kappa shape index (κ1) is 13.8. The smallest absolute Gasteiger partial charge is 0.257 e. The Kier molecular flexibility index (Phi) is 3.47. The van der Waals surface area contributed by atoms with Crippen molar-refractivity contribution in [1.82, 2.24) is 4.90 Å². The Labute approximate surface area is 127 Å². The van der Waals surface area contributed by atoms with E-state index in [2.05, 4.69) is 0 Å². The highest BCUT2D eigenvalue weighted by Crippen LogP contribution is 2.27. The molecule has 1 aliphatic rings. The van der Waals surface area contributed by atoms with Gasteiger partial charge in [-0.3, -0.25) is 4.79 Å². The van der Waals surface area contributed by atoms with E-state index >= 15 is 0 Å². The molecule has 1 heterocycles. The molecule has 0 saturated carbocycles. The number of carbonyl (C=O) groups is 1. The van der Waals surface area contributed by atoms with E-state index in [0.717, 1.165) is 17.5 Å². The Morgan fingerprint density at radius 1 is 1.10 bits per heavy atom. The zero-order valence-electron chi connectivity index (χ0n) is 11.2. The van der Waals surface area contributed by atoms with Crippen LogP contribution < -0.4 is 0 Å². The molecule has 21 heavy (non-hydrogen) atoms. The van der Waals surface area contributed by atoms with Crippen molar-refractivity contribution in [2.45, 2.75) is 13.0 Å². The number of hydrogen-bond donors (Lipinski definition) is 2. The minimum absolute atomic E-state index is 0.116.